The van der Waals surface area contributed by atoms with E-state index in [1.165, 1.54) is 11.9 Å². The standard InChI is InChI=1S/C12H22F3N3O/c1-11(10(16)19,17-9-4-5-9)6-3-7-18(2)8-12(13,14)15/h9,17H,3-8H2,1-2H3,(H2,16,19). The SMILES string of the molecule is CN(CCCC(C)(NC1CC1)C(N)=O)CC(F)(F)F. The molecule has 0 saturated heterocycles. The van der Waals surface area contributed by atoms with Crippen molar-refractivity contribution in [2.75, 3.05) is 20.1 Å². The number of carbonyl (C=O) groups excluding carboxylic acids is 1. The van der Waals surface area contributed by atoms with E-state index in [0.717, 1.165) is 12.8 Å². The first-order valence-electron chi connectivity index (χ1n) is 6.45. The van der Waals surface area contributed by atoms with E-state index in [4.69, 9.17) is 5.73 Å². The molecule has 1 aliphatic rings. The van der Waals surface area contributed by atoms with Gasteiger partial charge in [0.1, 0.15) is 0 Å². The number of nitrogens with zero attached hydrogens (tertiary/aromatic N) is 1. The number of nitrogens with two attached hydrogens (primary N) is 1. The lowest BCUT2D eigenvalue weighted by Crippen LogP contribution is -2.54. The number of halogens is 3. The molecule has 1 fully saturated rings. The molecule has 0 spiro atoms. The summed E-state index contributed by atoms with van der Waals surface area (Å²) >= 11 is 0. The molecular formula is C12H22F3N3O. The average Bonchev–Trinajstić information content (AvgIpc) is 2.98. The zero-order valence-corrected chi connectivity index (χ0v) is 11.4. The zero-order chi connectivity index (χ0) is 14.7. The van der Waals surface area contributed by atoms with Crippen LogP contribution in [0.1, 0.15) is 32.6 Å². The van der Waals surface area contributed by atoms with Gasteiger partial charge in [0.05, 0.1) is 12.1 Å². The third kappa shape index (κ3) is 6.24. The van der Waals surface area contributed by atoms with Crippen LogP contribution in [0.2, 0.25) is 0 Å². The highest BCUT2D eigenvalue weighted by Gasteiger charge is 2.36. The topological polar surface area (TPSA) is 58.4 Å². The van der Waals surface area contributed by atoms with E-state index in [9.17, 15) is 18.0 Å². The summed E-state index contributed by atoms with van der Waals surface area (Å²) in [5, 5.41) is 3.17. The fraction of sp³-hybridized carbons (Fsp3) is 0.917. The molecule has 1 aliphatic carbocycles. The minimum absolute atomic E-state index is 0.286. The van der Waals surface area contributed by atoms with Crippen molar-refractivity contribution in [1.82, 2.24) is 10.2 Å². The predicted molar refractivity (Wildman–Crippen MR) is 66.5 cm³/mol. The summed E-state index contributed by atoms with van der Waals surface area (Å²) in [7, 11) is 1.42. The molecule has 1 atom stereocenters. The van der Waals surface area contributed by atoms with Crippen LogP contribution in [0.25, 0.3) is 0 Å². The minimum atomic E-state index is -4.19. The van der Waals surface area contributed by atoms with Crippen molar-refractivity contribution in [2.24, 2.45) is 5.73 Å². The number of primary amides is 1. The van der Waals surface area contributed by atoms with E-state index in [-0.39, 0.29) is 6.54 Å². The fourth-order valence-electron chi connectivity index (χ4n) is 2.03. The molecule has 0 aromatic carbocycles. The van der Waals surface area contributed by atoms with Crippen LogP contribution in [0.3, 0.4) is 0 Å². The third-order valence-corrected chi connectivity index (χ3v) is 3.31. The maximum Gasteiger partial charge on any atom is 0.401 e. The Labute approximate surface area is 111 Å². The molecule has 3 N–H and O–H groups in total. The first-order valence-corrected chi connectivity index (χ1v) is 6.45. The van der Waals surface area contributed by atoms with E-state index in [0.29, 0.717) is 18.9 Å². The summed E-state index contributed by atoms with van der Waals surface area (Å²) in [5.74, 6) is -0.446. The Kier molecular flexibility index (Phi) is 5.20. The molecule has 19 heavy (non-hydrogen) atoms. The van der Waals surface area contributed by atoms with Crippen LogP contribution in [-0.2, 0) is 4.79 Å². The number of amides is 1. The molecule has 0 radical (unpaired) electrons. The number of hydrogen-bond donors (Lipinski definition) is 2. The number of hydrogen-bond acceptors (Lipinski definition) is 3. The highest BCUT2D eigenvalue weighted by atomic mass is 19.4. The van der Waals surface area contributed by atoms with E-state index in [2.05, 4.69) is 5.32 Å². The Morgan fingerprint density at radius 3 is 2.42 bits per heavy atom. The Balaban J connectivity index is 2.33. The van der Waals surface area contributed by atoms with Crippen LogP contribution in [0.4, 0.5) is 13.2 Å². The molecule has 0 bridgehead atoms. The van der Waals surface area contributed by atoms with Gasteiger partial charge in [-0.2, -0.15) is 13.2 Å². The molecule has 1 amide bonds. The van der Waals surface area contributed by atoms with Gasteiger partial charge in [0.25, 0.3) is 0 Å². The van der Waals surface area contributed by atoms with Crippen molar-refractivity contribution in [3.8, 4) is 0 Å². The summed E-state index contributed by atoms with van der Waals surface area (Å²) in [6.07, 6.45) is -1.20. The summed E-state index contributed by atoms with van der Waals surface area (Å²) in [4.78, 5) is 12.7. The van der Waals surface area contributed by atoms with E-state index < -0.39 is 24.2 Å². The third-order valence-electron chi connectivity index (χ3n) is 3.31. The van der Waals surface area contributed by atoms with Crippen molar-refractivity contribution in [3.05, 3.63) is 0 Å². The lowest BCUT2D eigenvalue weighted by Gasteiger charge is -2.28. The number of nitrogens with one attached hydrogen (secondary N) is 1. The quantitative estimate of drug-likeness (QED) is 0.704. The smallest absolute Gasteiger partial charge is 0.368 e. The Morgan fingerprint density at radius 1 is 1.42 bits per heavy atom. The molecule has 112 valence electrons. The fourth-order valence-corrected chi connectivity index (χ4v) is 2.03. The monoisotopic (exact) mass is 281 g/mol. The second kappa shape index (κ2) is 6.09. The number of alkyl halides is 3. The molecule has 0 aliphatic heterocycles. The van der Waals surface area contributed by atoms with Crippen molar-refractivity contribution >= 4 is 5.91 Å². The van der Waals surface area contributed by atoms with Gasteiger partial charge in [-0.1, -0.05) is 0 Å². The first-order chi connectivity index (χ1) is 8.62. The molecule has 4 nitrogen and oxygen atoms in total. The van der Waals surface area contributed by atoms with Gasteiger partial charge in [0, 0.05) is 6.04 Å². The lowest BCUT2D eigenvalue weighted by molar-refractivity contribution is -0.143. The summed E-state index contributed by atoms with van der Waals surface area (Å²) < 4.78 is 36.4. The highest BCUT2D eigenvalue weighted by Crippen LogP contribution is 2.25. The van der Waals surface area contributed by atoms with Crippen LogP contribution in [0.5, 0.6) is 0 Å². The molecule has 0 aromatic heterocycles. The van der Waals surface area contributed by atoms with Gasteiger partial charge in [-0.3, -0.25) is 9.69 Å². The lowest BCUT2D eigenvalue weighted by atomic mass is 9.94. The van der Waals surface area contributed by atoms with Gasteiger partial charge in [0.2, 0.25) is 5.91 Å². The van der Waals surface area contributed by atoms with E-state index in [1.807, 2.05) is 0 Å². The molecule has 7 heteroatoms. The Hall–Kier alpha value is -0.820. The van der Waals surface area contributed by atoms with Gasteiger partial charge >= 0.3 is 6.18 Å². The van der Waals surface area contributed by atoms with E-state index >= 15 is 0 Å². The van der Waals surface area contributed by atoms with Crippen molar-refractivity contribution < 1.29 is 18.0 Å². The largest absolute Gasteiger partial charge is 0.401 e. The normalized spacial score (nSPS) is 19.5. The van der Waals surface area contributed by atoms with Crippen LogP contribution in [0, 0.1) is 0 Å². The molecule has 0 heterocycles. The number of carbonyl (C=O) groups is 1. The molecular weight excluding hydrogens is 259 g/mol. The maximum absolute atomic E-state index is 12.1. The van der Waals surface area contributed by atoms with Crippen LogP contribution >= 0.6 is 0 Å². The highest BCUT2D eigenvalue weighted by molar-refractivity contribution is 5.84. The average molecular weight is 281 g/mol. The Bertz CT molecular complexity index is 318. The van der Waals surface area contributed by atoms with Crippen molar-refractivity contribution in [1.29, 1.82) is 0 Å². The van der Waals surface area contributed by atoms with Gasteiger partial charge in [-0.15, -0.1) is 0 Å². The summed E-state index contributed by atoms with van der Waals surface area (Å²) in [6, 6.07) is 0.324. The maximum atomic E-state index is 12.1. The van der Waals surface area contributed by atoms with Gasteiger partial charge < -0.3 is 11.1 Å². The Morgan fingerprint density at radius 2 is 2.00 bits per heavy atom. The molecule has 0 aromatic rings. The zero-order valence-electron chi connectivity index (χ0n) is 11.4. The van der Waals surface area contributed by atoms with E-state index in [1.54, 1.807) is 6.92 Å². The van der Waals surface area contributed by atoms with Crippen molar-refractivity contribution in [3.63, 3.8) is 0 Å². The van der Waals surface area contributed by atoms with Gasteiger partial charge in [0.15, 0.2) is 0 Å². The van der Waals surface area contributed by atoms with Gasteiger partial charge in [-0.05, 0) is 46.2 Å². The second-order valence-electron chi connectivity index (χ2n) is 5.57. The summed E-state index contributed by atoms with van der Waals surface area (Å²) in [6.45, 7) is 1.07. The minimum Gasteiger partial charge on any atom is -0.368 e. The second-order valence-corrected chi connectivity index (χ2v) is 5.57. The molecule has 1 rings (SSSR count). The van der Waals surface area contributed by atoms with Crippen LogP contribution < -0.4 is 11.1 Å². The molecule has 1 saturated carbocycles. The number of rotatable bonds is 8. The molecule has 1 unspecified atom stereocenters. The predicted octanol–water partition coefficient (Wildman–Crippen LogP) is 1.26. The first kappa shape index (κ1) is 16.2. The van der Waals surface area contributed by atoms with Crippen LogP contribution in [-0.4, -0.2) is 48.7 Å². The van der Waals surface area contributed by atoms with Crippen molar-refractivity contribution in [2.45, 2.75) is 50.4 Å². The van der Waals surface area contributed by atoms with Gasteiger partial charge in [-0.25, -0.2) is 0 Å². The summed E-state index contributed by atoms with van der Waals surface area (Å²) in [5.41, 5.74) is 4.55. The van der Waals surface area contributed by atoms with Crippen LogP contribution in [0.15, 0.2) is 0 Å².